The molecule has 0 aliphatic rings. The number of benzene rings is 1. The van der Waals surface area contributed by atoms with Gasteiger partial charge in [-0.25, -0.2) is 13.4 Å². The zero-order valence-electron chi connectivity index (χ0n) is 11.1. The Morgan fingerprint density at radius 3 is 2.50 bits per heavy atom. The number of rotatable bonds is 4. The van der Waals surface area contributed by atoms with Gasteiger partial charge in [0.15, 0.2) is 0 Å². The molecule has 0 unspecified atom stereocenters. The minimum Gasteiger partial charge on any atom is -0.250 e. The first-order valence-electron chi connectivity index (χ1n) is 5.80. The number of thiazole rings is 1. The first kappa shape index (κ1) is 14.7. The van der Waals surface area contributed by atoms with Gasteiger partial charge in [0.05, 0.1) is 27.7 Å². The third kappa shape index (κ3) is 2.88. The summed E-state index contributed by atoms with van der Waals surface area (Å²) >= 11 is 1.43. The zero-order valence-corrected chi connectivity index (χ0v) is 12.7. The molecule has 0 amide bonds. The second-order valence-corrected chi connectivity index (χ2v) is 7.24. The first-order chi connectivity index (χ1) is 9.45. The maximum Gasteiger partial charge on any atom is 0.243 e. The highest BCUT2D eigenvalue weighted by atomic mass is 32.2. The van der Waals surface area contributed by atoms with E-state index in [1.165, 1.54) is 47.0 Å². The average Bonchev–Trinajstić information content (AvgIpc) is 2.84. The van der Waals surface area contributed by atoms with E-state index in [1.807, 2.05) is 13.0 Å². The molecule has 0 saturated carbocycles. The molecule has 0 fully saturated rings. The van der Waals surface area contributed by atoms with Crippen LogP contribution < -0.4 is 0 Å². The van der Waals surface area contributed by atoms with E-state index >= 15 is 0 Å². The lowest BCUT2D eigenvalue weighted by Crippen LogP contribution is -2.26. The van der Waals surface area contributed by atoms with Crippen molar-refractivity contribution in [1.82, 2.24) is 9.29 Å². The predicted octanol–water partition coefficient (Wildman–Crippen LogP) is 2.14. The largest absolute Gasteiger partial charge is 0.250 e. The monoisotopic (exact) mass is 307 g/mol. The van der Waals surface area contributed by atoms with Gasteiger partial charge in [-0.2, -0.15) is 9.57 Å². The van der Waals surface area contributed by atoms with E-state index in [2.05, 4.69) is 4.98 Å². The van der Waals surface area contributed by atoms with Crippen molar-refractivity contribution in [2.24, 2.45) is 0 Å². The SMILES string of the molecule is Cc1ncsc1CN(C)S(=O)(=O)c1ccc(C#N)cc1. The molecule has 104 valence electrons. The van der Waals surface area contributed by atoms with E-state index < -0.39 is 10.0 Å². The number of aromatic nitrogens is 1. The van der Waals surface area contributed by atoms with Crippen LogP contribution >= 0.6 is 11.3 Å². The van der Waals surface area contributed by atoms with Gasteiger partial charge in [-0.1, -0.05) is 0 Å². The van der Waals surface area contributed by atoms with Gasteiger partial charge >= 0.3 is 0 Å². The van der Waals surface area contributed by atoms with Crippen LogP contribution in [0.3, 0.4) is 0 Å². The lowest BCUT2D eigenvalue weighted by Gasteiger charge is -2.16. The molecule has 0 bridgehead atoms. The van der Waals surface area contributed by atoms with E-state index in [9.17, 15) is 8.42 Å². The van der Waals surface area contributed by atoms with Crippen molar-refractivity contribution in [1.29, 1.82) is 5.26 Å². The van der Waals surface area contributed by atoms with Crippen molar-refractivity contribution in [2.75, 3.05) is 7.05 Å². The Bertz CT molecular complexity index is 743. The molecule has 1 aromatic heterocycles. The van der Waals surface area contributed by atoms with Crippen LogP contribution in [0.4, 0.5) is 0 Å². The van der Waals surface area contributed by atoms with Crippen molar-refractivity contribution < 1.29 is 8.42 Å². The molecule has 0 N–H and O–H groups in total. The molecule has 2 rings (SSSR count). The number of hydrogen-bond acceptors (Lipinski definition) is 5. The van der Waals surface area contributed by atoms with Crippen molar-refractivity contribution >= 4 is 21.4 Å². The first-order valence-corrected chi connectivity index (χ1v) is 8.12. The fourth-order valence-corrected chi connectivity index (χ4v) is 3.70. The maximum absolute atomic E-state index is 12.4. The summed E-state index contributed by atoms with van der Waals surface area (Å²) in [5.41, 5.74) is 2.98. The molecule has 0 atom stereocenters. The minimum atomic E-state index is -3.55. The van der Waals surface area contributed by atoms with Crippen LogP contribution in [0.5, 0.6) is 0 Å². The van der Waals surface area contributed by atoms with Gasteiger partial charge in [-0.05, 0) is 31.2 Å². The molecule has 20 heavy (non-hydrogen) atoms. The molecule has 2 aromatic rings. The topological polar surface area (TPSA) is 74.1 Å². The van der Waals surface area contributed by atoms with Crippen LogP contribution in [-0.2, 0) is 16.6 Å². The average molecular weight is 307 g/mol. The van der Waals surface area contributed by atoms with Gasteiger partial charge < -0.3 is 0 Å². The number of aryl methyl sites for hydroxylation is 1. The van der Waals surface area contributed by atoms with Crippen LogP contribution in [0, 0.1) is 18.3 Å². The normalized spacial score (nSPS) is 11.5. The third-order valence-electron chi connectivity index (χ3n) is 2.90. The molecule has 0 aliphatic heterocycles. The van der Waals surface area contributed by atoms with Gasteiger partial charge in [-0.3, -0.25) is 0 Å². The second-order valence-electron chi connectivity index (χ2n) is 4.26. The third-order valence-corrected chi connectivity index (χ3v) is 5.64. The van der Waals surface area contributed by atoms with E-state index in [-0.39, 0.29) is 4.90 Å². The van der Waals surface area contributed by atoms with Crippen molar-refractivity contribution in [3.8, 4) is 6.07 Å². The van der Waals surface area contributed by atoms with Crippen LogP contribution in [0.15, 0.2) is 34.7 Å². The molecule has 7 heteroatoms. The Morgan fingerprint density at radius 1 is 1.35 bits per heavy atom. The number of nitriles is 1. The summed E-state index contributed by atoms with van der Waals surface area (Å²) in [6.07, 6.45) is 0. The van der Waals surface area contributed by atoms with E-state index in [0.29, 0.717) is 12.1 Å². The summed E-state index contributed by atoms with van der Waals surface area (Å²) in [7, 11) is -2.02. The Kier molecular flexibility index (Phi) is 4.18. The van der Waals surface area contributed by atoms with E-state index in [0.717, 1.165) is 10.6 Å². The number of nitrogens with zero attached hydrogens (tertiary/aromatic N) is 3. The van der Waals surface area contributed by atoms with Gasteiger partial charge in [-0.15, -0.1) is 11.3 Å². The molecular formula is C13H13N3O2S2. The van der Waals surface area contributed by atoms with Gasteiger partial charge in [0, 0.05) is 18.5 Å². The molecule has 5 nitrogen and oxygen atoms in total. The summed E-state index contributed by atoms with van der Waals surface area (Å²) in [6, 6.07) is 7.86. The van der Waals surface area contributed by atoms with E-state index in [4.69, 9.17) is 5.26 Å². The smallest absolute Gasteiger partial charge is 0.243 e. The maximum atomic E-state index is 12.4. The fraction of sp³-hybridized carbons (Fsp3) is 0.231. The van der Waals surface area contributed by atoms with Gasteiger partial charge in [0.2, 0.25) is 10.0 Å². The lowest BCUT2D eigenvalue weighted by atomic mass is 10.2. The Morgan fingerprint density at radius 2 is 2.00 bits per heavy atom. The summed E-state index contributed by atoms with van der Waals surface area (Å²) < 4.78 is 26.1. The molecular weight excluding hydrogens is 294 g/mol. The molecule has 0 radical (unpaired) electrons. The molecule has 0 spiro atoms. The lowest BCUT2D eigenvalue weighted by molar-refractivity contribution is 0.468. The molecule has 1 aromatic carbocycles. The number of hydrogen-bond donors (Lipinski definition) is 0. The predicted molar refractivity (Wildman–Crippen MR) is 76.7 cm³/mol. The summed E-state index contributed by atoms with van der Waals surface area (Å²) in [5.74, 6) is 0. The number of sulfonamides is 1. The Labute approximate surface area is 122 Å². The highest BCUT2D eigenvalue weighted by molar-refractivity contribution is 7.89. The van der Waals surface area contributed by atoms with Crippen molar-refractivity contribution in [3.63, 3.8) is 0 Å². The van der Waals surface area contributed by atoms with Crippen LogP contribution in [0.25, 0.3) is 0 Å². The minimum absolute atomic E-state index is 0.182. The Hall–Kier alpha value is -1.75. The summed E-state index contributed by atoms with van der Waals surface area (Å²) in [5, 5.41) is 8.73. The zero-order chi connectivity index (χ0) is 14.8. The highest BCUT2D eigenvalue weighted by Crippen LogP contribution is 2.20. The van der Waals surface area contributed by atoms with Crippen LogP contribution in [0.1, 0.15) is 16.1 Å². The summed E-state index contributed by atoms with van der Waals surface area (Å²) in [4.78, 5) is 5.21. The molecule has 0 saturated heterocycles. The van der Waals surface area contributed by atoms with E-state index in [1.54, 1.807) is 5.51 Å². The van der Waals surface area contributed by atoms with Crippen molar-refractivity contribution in [2.45, 2.75) is 18.4 Å². The fourth-order valence-electron chi connectivity index (χ4n) is 1.65. The Balaban J connectivity index is 2.25. The van der Waals surface area contributed by atoms with Gasteiger partial charge in [0.1, 0.15) is 0 Å². The van der Waals surface area contributed by atoms with Crippen LogP contribution in [-0.4, -0.2) is 24.8 Å². The van der Waals surface area contributed by atoms with Crippen molar-refractivity contribution in [3.05, 3.63) is 45.9 Å². The second kappa shape index (κ2) is 5.71. The highest BCUT2D eigenvalue weighted by Gasteiger charge is 2.21. The molecule has 1 heterocycles. The standard InChI is InChI=1S/C13H13N3O2S2/c1-10-13(19-9-15-10)8-16(2)20(17,18)12-5-3-11(7-14)4-6-12/h3-6,9H,8H2,1-2H3. The van der Waals surface area contributed by atoms with Gasteiger partial charge in [0.25, 0.3) is 0 Å². The summed E-state index contributed by atoms with van der Waals surface area (Å²) in [6.45, 7) is 2.15. The van der Waals surface area contributed by atoms with Crippen LogP contribution in [0.2, 0.25) is 0 Å². The molecule has 0 aliphatic carbocycles. The quantitative estimate of drug-likeness (QED) is 0.867.